The van der Waals surface area contributed by atoms with E-state index in [1.54, 1.807) is 28.1 Å². The van der Waals surface area contributed by atoms with Gasteiger partial charge in [-0.2, -0.15) is 0 Å². The molecule has 1 atom stereocenters. The normalized spacial score (nSPS) is 15.8. The quantitative estimate of drug-likeness (QED) is 0.587. The summed E-state index contributed by atoms with van der Waals surface area (Å²) in [7, 11) is 0. The molecule has 0 N–H and O–H groups in total. The maximum Gasteiger partial charge on any atom is 0.228 e. The number of anilines is 1. The lowest BCUT2D eigenvalue weighted by molar-refractivity contribution is -0.136. The lowest BCUT2D eigenvalue weighted by atomic mass is 10.1. The van der Waals surface area contributed by atoms with E-state index in [1.165, 1.54) is 12.1 Å². The maximum absolute atomic E-state index is 13.4. The number of amides is 2. The van der Waals surface area contributed by atoms with E-state index < -0.39 is 5.92 Å². The number of benzene rings is 2. The van der Waals surface area contributed by atoms with Crippen LogP contribution in [0.2, 0.25) is 0 Å². The van der Waals surface area contributed by atoms with Crippen LogP contribution in [0.1, 0.15) is 17.7 Å². The molecule has 0 aliphatic carbocycles. The average Bonchev–Trinajstić information content (AvgIpc) is 3.19. The third-order valence-electron chi connectivity index (χ3n) is 5.52. The summed E-state index contributed by atoms with van der Waals surface area (Å²) in [6.45, 7) is 1.24. The molecule has 2 heterocycles. The Kier molecular flexibility index (Phi) is 6.36. The van der Waals surface area contributed by atoms with Crippen molar-refractivity contribution in [3.05, 3.63) is 96.1 Å². The highest BCUT2D eigenvalue weighted by Crippen LogP contribution is 2.27. The van der Waals surface area contributed by atoms with E-state index in [9.17, 15) is 14.0 Å². The Bertz CT molecular complexity index is 1030. The summed E-state index contributed by atoms with van der Waals surface area (Å²) >= 11 is 0. The van der Waals surface area contributed by atoms with Crippen molar-refractivity contribution in [2.45, 2.75) is 19.4 Å². The lowest BCUT2D eigenvalue weighted by Gasteiger charge is -2.25. The molecule has 2 amide bonds. The van der Waals surface area contributed by atoms with Crippen LogP contribution >= 0.6 is 0 Å². The summed E-state index contributed by atoms with van der Waals surface area (Å²) in [6, 6.07) is 21.4. The highest BCUT2D eigenvalue weighted by atomic mass is 19.1. The highest BCUT2D eigenvalue weighted by molar-refractivity contribution is 6.00. The van der Waals surface area contributed by atoms with E-state index in [2.05, 4.69) is 4.98 Å². The maximum atomic E-state index is 13.4. The smallest absolute Gasteiger partial charge is 0.228 e. The summed E-state index contributed by atoms with van der Waals surface area (Å²) in [6.07, 6.45) is 2.59. The Balaban J connectivity index is 1.49. The van der Waals surface area contributed by atoms with Crippen LogP contribution in [0.5, 0.6) is 0 Å². The van der Waals surface area contributed by atoms with Gasteiger partial charge in [0.05, 0.1) is 18.2 Å². The number of hydrogen-bond donors (Lipinski definition) is 0. The largest absolute Gasteiger partial charge is 0.336 e. The van der Waals surface area contributed by atoms with Gasteiger partial charge in [0.2, 0.25) is 11.8 Å². The van der Waals surface area contributed by atoms with Crippen molar-refractivity contribution in [2.75, 3.05) is 18.0 Å². The molecule has 31 heavy (non-hydrogen) atoms. The third kappa shape index (κ3) is 5.15. The van der Waals surface area contributed by atoms with E-state index in [4.69, 9.17) is 0 Å². The second kappa shape index (κ2) is 9.51. The molecule has 1 saturated heterocycles. The van der Waals surface area contributed by atoms with Crippen LogP contribution in [0, 0.1) is 11.7 Å². The molecule has 5 nitrogen and oxygen atoms in total. The zero-order chi connectivity index (χ0) is 21.6. The zero-order valence-electron chi connectivity index (χ0n) is 17.2. The van der Waals surface area contributed by atoms with Crippen LogP contribution in [-0.4, -0.2) is 34.8 Å². The molecule has 1 unspecified atom stereocenters. The van der Waals surface area contributed by atoms with Crippen LogP contribution in [-0.2, 0) is 22.6 Å². The number of rotatable bonds is 7. The van der Waals surface area contributed by atoms with Crippen molar-refractivity contribution < 1.29 is 14.0 Å². The minimum Gasteiger partial charge on any atom is -0.336 e. The second-order valence-corrected chi connectivity index (χ2v) is 7.70. The van der Waals surface area contributed by atoms with Gasteiger partial charge in [-0.3, -0.25) is 14.6 Å². The number of pyridine rings is 1. The number of carbonyl (C=O) groups is 2. The monoisotopic (exact) mass is 417 g/mol. The Labute approximate surface area is 181 Å². The Morgan fingerprint density at radius 2 is 1.77 bits per heavy atom. The number of nitrogens with zero attached hydrogens (tertiary/aromatic N) is 3. The van der Waals surface area contributed by atoms with E-state index >= 15 is 0 Å². The summed E-state index contributed by atoms with van der Waals surface area (Å²) in [5.74, 6) is -0.965. The first-order chi connectivity index (χ1) is 15.1. The molecule has 0 spiro atoms. The molecule has 1 aliphatic heterocycles. The number of aromatic nitrogens is 1. The van der Waals surface area contributed by atoms with Crippen molar-refractivity contribution in [1.82, 2.24) is 9.88 Å². The fraction of sp³-hybridized carbons (Fsp3) is 0.240. The number of carbonyl (C=O) groups excluding carboxylic acids is 2. The number of halogens is 1. The average molecular weight is 417 g/mol. The van der Waals surface area contributed by atoms with Crippen molar-refractivity contribution in [3.63, 3.8) is 0 Å². The summed E-state index contributed by atoms with van der Waals surface area (Å²) in [5.41, 5.74) is 2.57. The van der Waals surface area contributed by atoms with Gasteiger partial charge in [0, 0.05) is 31.4 Å². The standard InChI is InChI=1S/C25H24FN3O2/c26-21-9-11-23(12-10-21)29-17-20(16-24(29)30)25(31)28(18-22-8-4-5-14-27-22)15-13-19-6-2-1-3-7-19/h1-12,14,20H,13,15-18H2. The molecule has 1 aromatic heterocycles. The zero-order valence-corrected chi connectivity index (χ0v) is 17.2. The van der Waals surface area contributed by atoms with Gasteiger partial charge >= 0.3 is 0 Å². The van der Waals surface area contributed by atoms with Gasteiger partial charge < -0.3 is 9.80 Å². The molecular weight excluding hydrogens is 393 g/mol. The molecule has 2 aromatic carbocycles. The third-order valence-corrected chi connectivity index (χ3v) is 5.52. The Morgan fingerprint density at radius 1 is 1.03 bits per heavy atom. The first-order valence-electron chi connectivity index (χ1n) is 10.4. The summed E-state index contributed by atoms with van der Waals surface area (Å²) in [4.78, 5) is 33.7. The summed E-state index contributed by atoms with van der Waals surface area (Å²) in [5, 5.41) is 0. The molecule has 1 aliphatic rings. The van der Waals surface area contributed by atoms with Gasteiger partial charge in [-0.15, -0.1) is 0 Å². The highest BCUT2D eigenvalue weighted by Gasteiger charge is 2.37. The topological polar surface area (TPSA) is 53.5 Å². The van der Waals surface area contributed by atoms with E-state index in [1.807, 2.05) is 48.5 Å². The van der Waals surface area contributed by atoms with Gasteiger partial charge in [0.25, 0.3) is 0 Å². The molecule has 3 aromatic rings. The molecule has 158 valence electrons. The van der Waals surface area contributed by atoms with Gasteiger partial charge in [-0.25, -0.2) is 4.39 Å². The van der Waals surface area contributed by atoms with Crippen LogP contribution in [0.3, 0.4) is 0 Å². The molecule has 0 radical (unpaired) electrons. The van der Waals surface area contributed by atoms with E-state index in [0.717, 1.165) is 17.7 Å². The van der Waals surface area contributed by atoms with Crippen LogP contribution in [0.25, 0.3) is 0 Å². The van der Waals surface area contributed by atoms with Gasteiger partial charge in [-0.1, -0.05) is 36.4 Å². The van der Waals surface area contributed by atoms with Crippen molar-refractivity contribution in [3.8, 4) is 0 Å². The molecule has 1 fully saturated rings. The fourth-order valence-electron chi connectivity index (χ4n) is 3.86. The van der Waals surface area contributed by atoms with E-state index in [-0.39, 0.29) is 24.1 Å². The van der Waals surface area contributed by atoms with E-state index in [0.29, 0.717) is 25.3 Å². The lowest BCUT2D eigenvalue weighted by Crippen LogP contribution is -2.38. The van der Waals surface area contributed by atoms with Crippen molar-refractivity contribution in [1.29, 1.82) is 0 Å². The second-order valence-electron chi connectivity index (χ2n) is 7.70. The molecule has 0 saturated carbocycles. The first-order valence-corrected chi connectivity index (χ1v) is 10.4. The minimum absolute atomic E-state index is 0.0560. The Hall–Kier alpha value is -3.54. The SMILES string of the molecule is O=C(C1CC(=O)N(c2ccc(F)cc2)C1)N(CCc1ccccc1)Cc1ccccn1. The molecule has 6 heteroatoms. The predicted octanol–water partition coefficient (Wildman–Crippen LogP) is 3.85. The van der Waals surface area contributed by atoms with Gasteiger partial charge in [-0.05, 0) is 48.4 Å². The fourth-order valence-corrected chi connectivity index (χ4v) is 3.86. The van der Waals surface area contributed by atoms with Gasteiger partial charge in [0.15, 0.2) is 0 Å². The van der Waals surface area contributed by atoms with Crippen LogP contribution < -0.4 is 4.90 Å². The van der Waals surface area contributed by atoms with Crippen molar-refractivity contribution in [2.24, 2.45) is 5.92 Å². The predicted molar refractivity (Wildman–Crippen MR) is 117 cm³/mol. The summed E-state index contributed by atoms with van der Waals surface area (Å²) < 4.78 is 13.2. The first kappa shape index (κ1) is 20.7. The van der Waals surface area contributed by atoms with Crippen molar-refractivity contribution >= 4 is 17.5 Å². The van der Waals surface area contributed by atoms with Crippen LogP contribution in [0.15, 0.2) is 79.0 Å². The molecule has 4 rings (SSSR count). The number of hydrogen-bond acceptors (Lipinski definition) is 3. The molecule has 0 bridgehead atoms. The van der Waals surface area contributed by atoms with Crippen LogP contribution in [0.4, 0.5) is 10.1 Å². The minimum atomic E-state index is -0.433. The molecular formula is C25H24FN3O2. The van der Waals surface area contributed by atoms with Gasteiger partial charge in [0.1, 0.15) is 5.82 Å². The Morgan fingerprint density at radius 3 is 2.48 bits per heavy atom.